The van der Waals surface area contributed by atoms with Gasteiger partial charge in [0.25, 0.3) is 0 Å². The van der Waals surface area contributed by atoms with Gasteiger partial charge in [-0.2, -0.15) is 0 Å². The molecular formula is C22H34N6O4. The number of aromatic nitrogens is 4. The molecule has 1 amide bonds. The van der Waals surface area contributed by atoms with Crippen molar-refractivity contribution in [3.05, 3.63) is 23.5 Å². The number of hydrogen-bond donors (Lipinski definition) is 1. The normalized spacial score (nSPS) is 16.6. The molecule has 1 saturated heterocycles. The third kappa shape index (κ3) is 4.50. The van der Waals surface area contributed by atoms with Crippen molar-refractivity contribution in [3.63, 3.8) is 0 Å². The standard InChI is InChI=1S/C22H34N6O4/c1-7-22(2,3)28-21(24-25-26-28)18(27-10-8-14(9-11-27)20(23)29)15-12-16(30-4)19(32-6)17(13-15)31-5/h12-14,18H,7-11H2,1-6H3,(H2,23,29). The van der Waals surface area contributed by atoms with Crippen LogP contribution in [0.4, 0.5) is 0 Å². The van der Waals surface area contributed by atoms with Gasteiger partial charge in [-0.3, -0.25) is 9.69 Å². The minimum absolute atomic E-state index is 0.116. The Labute approximate surface area is 189 Å². The number of ether oxygens (including phenoxy) is 3. The average Bonchev–Trinajstić information content (AvgIpc) is 3.29. The first kappa shape index (κ1) is 23.8. The fraction of sp³-hybridized carbons (Fsp3) is 0.636. The molecule has 0 spiro atoms. The maximum absolute atomic E-state index is 11.7. The highest BCUT2D eigenvalue weighted by atomic mass is 16.5. The Balaban J connectivity index is 2.13. The molecule has 1 aliphatic heterocycles. The number of nitrogens with zero attached hydrogens (tertiary/aromatic N) is 5. The minimum atomic E-state index is -0.275. The number of tetrazole rings is 1. The molecule has 10 heteroatoms. The lowest BCUT2D eigenvalue weighted by atomic mass is 9.92. The summed E-state index contributed by atoms with van der Waals surface area (Å²) in [7, 11) is 4.77. The lowest BCUT2D eigenvalue weighted by Gasteiger charge is -2.37. The molecule has 1 aromatic heterocycles. The van der Waals surface area contributed by atoms with Gasteiger partial charge in [0, 0.05) is 5.92 Å². The van der Waals surface area contributed by atoms with E-state index in [-0.39, 0.29) is 23.4 Å². The maximum Gasteiger partial charge on any atom is 0.220 e. The molecule has 2 N–H and O–H groups in total. The van der Waals surface area contributed by atoms with Gasteiger partial charge in [0.15, 0.2) is 17.3 Å². The Bertz CT molecular complexity index is 911. The van der Waals surface area contributed by atoms with Gasteiger partial charge in [0.05, 0.1) is 32.9 Å². The first-order valence-electron chi connectivity index (χ1n) is 10.9. The number of methoxy groups -OCH3 is 3. The van der Waals surface area contributed by atoms with Crippen LogP contribution >= 0.6 is 0 Å². The Morgan fingerprint density at radius 1 is 1.16 bits per heavy atom. The van der Waals surface area contributed by atoms with Gasteiger partial charge >= 0.3 is 0 Å². The molecule has 1 aromatic carbocycles. The van der Waals surface area contributed by atoms with Gasteiger partial charge in [0.1, 0.15) is 0 Å². The van der Waals surface area contributed by atoms with E-state index in [2.05, 4.69) is 41.2 Å². The number of amides is 1. The molecular weight excluding hydrogens is 412 g/mol. The Hall–Kier alpha value is -2.88. The summed E-state index contributed by atoms with van der Waals surface area (Å²) in [5, 5.41) is 12.8. The molecule has 0 aliphatic carbocycles. The van der Waals surface area contributed by atoms with Crippen LogP contribution in [0.5, 0.6) is 17.2 Å². The van der Waals surface area contributed by atoms with Crippen molar-refractivity contribution in [2.24, 2.45) is 11.7 Å². The molecule has 10 nitrogen and oxygen atoms in total. The van der Waals surface area contributed by atoms with E-state index in [4.69, 9.17) is 19.9 Å². The first-order valence-corrected chi connectivity index (χ1v) is 10.9. The van der Waals surface area contributed by atoms with Crippen LogP contribution in [0.1, 0.15) is 57.5 Å². The summed E-state index contributed by atoms with van der Waals surface area (Å²) in [6.45, 7) is 7.71. The molecule has 1 fully saturated rings. The second kappa shape index (κ2) is 9.72. The van der Waals surface area contributed by atoms with Gasteiger partial charge in [-0.05, 0) is 74.3 Å². The number of hydrogen-bond acceptors (Lipinski definition) is 8. The highest BCUT2D eigenvalue weighted by Crippen LogP contribution is 2.43. The third-order valence-electron chi connectivity index (χ3n) is 6.48. The van der Waals surface area contributed by atoms with E-state index < -0.39 is 0 Å². The van der Waals surface area contributed by atoms with Gasteiger partial charge in [-0.25, -0.2) is 4.68 Å². The van der Waals surface area contributed by atoms with E-state index in [0.717, 1.165) is 17.8 Å². The van der Waals surface area contributed by atoms with Crippen LogP contribution in [-0.2, 0) is 10.3 Å². The van der Waals surface area contributed by atoms with Crippen LogP contribution in [-0.4, -0.2) is 65.4 Å². The predicted octanol–water partition coefficient (Wildman–Crippen LogP) is 2.13. The number of carbonyl (C=O) groups excluding carboxylic acids is 1. The monoisotopic (exact) mass is 446 g/mol. The molecule has 2 aromatic rings. The Kier molecular flexibility index (Phi) is 7.22. The number of benzene rings is 1. The van der Waals surface area contributed by atoms with Crippen LogP contribution in [0.15, 0.2) is 12.1 Å². The number of nitrogens with two attached hydrogens (primary N) is 1. The molecule has 1 aliphatic rings. The molecule has 1 atom stereocenters. The van der Waals surface area contributed by atoms with Crippen LogP contribution in [0.25, 0.3) is 0 Å². The summed E-state index contributed by atoms with van der Waals surface area (Å²) < 4.78 is 18.6. The molecule has 0 bridgehead atoms. The molecule has 0 saturated carbocycles. The molecule has 3 rings (SSSR count). The number of rotatable bonds is 9. The SMILES string of the molecule is CCC(C)(C)n1nnnc1C(c1cc(OC)c(OC)c(OC)c1)N1CCC(C(N)=O)CC1. The number of carbonyl (C=O) groups is 1. The predicted molar refractivity (Wildman–Crippen MR) is 119 cm³/mol. The lowest BCUT2D eigenvalue weighted by molar-refractivity contribution is -0.123. The summed E-state index contributed by atoms with van der Waals surface area (Å²) in [6, 6.07) is 3.60. The van der Waals surface area contributed by atoms with Crippen LogP contribution < -0.4 is 19.9 Å². The second-order valence-electron chi connectivity index (χ2n) is 8.69. The van der Waals surface area contributed by atoms with E-state index >= 15 is 0 Å². The molecule has 176 valence electrons. The fourth-order valence-electron chi connectivity index (χ4n) is 4.17. The van der Waals surface area contributed by atoms with Gasteiger partial charge in [-0.15, -0.1) is 5.10 Å². The zero-order valence-corrected chi connectivity index (χ0v) is 19.8. The van der Waals surface area contributed by atoms with Crippen molar-refractivity contribution in [2.45, 2.75) is 51.6 Å². The van der Waals surface area contributed by atoms with Crippen molar-refractivity contribution in [1.29, 1.82) is 0 Å². The van der Waals surface area contributed by atoms with Crippen molar-refractivity contribution in [3.8, 4) is 17.2 Å². The second-order valence-corrected chi connectivity index (χ2v) is 8.69. The van der Waals surface area contributed by atoms with E-state index in [1.54, 1.807) is 21.3 Å². The quantitative estimate of drug-likeness (QED) is 0.622. The van der Waals surface area contributed by atoms with Crippen molar-refractivity contribution in [1.82, 2.24) is 25.1 Å². The van der Waals surface area contributed by atoms with Crippen LogP contribution in [0.3, 0.4) is 0 Å². The van der Waals surface area contributed by atoms with Crippen LogP contribution in [0, 0.1) is 5.92 Å². The largest absolute Gasteiger partial charge is 0.493 e. The molecule has 2 heterocycles. The fourth-order valence-corrected chi connectivity index (χ4v) is 4.17. The average molecular weight is 447 g/mol. The highest BCUT2D eigenvalue weighted by Gasteiger charge is 2.36. The number of likely N-dealkylation sites (tertiary alicyclic amines) is 1. The van der Waals surface area contributed by atoms with Crippen molar-refractivity contribution in [2.75, 3.05) is 34.4 Å². The first-order chi connectivity index (χ1) is 15.3. The van der Waals surface area contributed by atoms with Gasteiger partial charge in [0.2, 0.25) is 11.7 Å². The molecule has 1 unspecified atom stereocenters. The Morgan fingerprint density at radius 3 is 2.22 bits per heavy atom. The van der Waals surface area contributed by atoms with Gasteiger partial charge in [-0.1, -0.05) is 6.92 Å². The number of primary amides is 1. The number of piperidine rings is 1. The Morgan fingerprint density at radius 2 is 1.75 bits per heavy atom. The van der Waals surface area contributed by atoms with E-state index in [1.807, 2.05) is 16.8 Å². The third-order valence-corrected chi connectivity index (χ3v) is 6.48. The summed E-state index contributed by atoms with van der Waals surface area (Å²) in [5.74, 6) is 2.02. The van der Waals surface area contributed by atoms with E-state index in [9.17, 15) is 4.79 Å². The zero-order chi connectivity index (χ0) is 23.5. The molecule has 0 radical (unpaired) electrons. The molecule has 32 heavy (non-hydrogen) atoms. The lowest BCUT2D eigenvalue weighted by Crippen LogP contribution is -2.42. The van der Waals surface area contributed by atoms with Gasteiger partial charge < -0.3 is 19.9 Å². The van der Waals surface area contributed by atoms with Crippen molar-refractivity contribution < 1.29 is 19.0 Å². The summed E-state index contributed by atoms with van der Waals surface area (Å²) in [6.07, 6.45) is 2.24. The summed E-state index contributed by atoms with van der Waals surface area (Å²) >= 11 is 0. The smallest absolute Gasteiger partial charge is 0.220 e. The topological polar surface area (TPSA) is 118 Å². The zero-order valence-electron chi connectivity index (χ0n) is 19.8. The van der Waals surface area contributed by atoms with Crippen LogP contribution in [0.2, 0.25) is 0 Å². The summed E-state index contributed by atoms with van der Waals surface area (Å²) in [5.41, 5.74) is 6.20. The van der Waals surface area contributed by atoms with E-state index in [1.165, 1.54) is 0 Å². The highest BCUT2D eigenvalue weighted by molar-refractivity contribution is 5.76. The van der Waals surface area contributed by atoms with E-state index in [0.29, 0.717) is 43.2 Å². The van der Waals surface area contributed by atoms with Crippen molar-refractivity contribution >= 4 is 5.91 Å². The summed E-state index contributed by atoms with van der Waals surface area (Å²) in [4.78, 5) is 14.0. The minimum Gasteiger partial charge on any atom is -0.493 e. The maximum atomic E-state index is 11.7.